The highest BCUT2D eigenvalue weighted by Gasteiger charge is 2.24. The van der Waals surface area contributed by atoms with E-state index >= 15 is 0 Å². The van der Waals surface area contributed by atoms with Crippen LogP contribution in [0.5, 0.6) is 0 Å². The first-order chi connectivity index (χ1) is 8.09. The third kappa shape index (κ3) is 2.47. The molecular formula is C13H17FN2O. The van der Waals surface area contributed by atoms with E-state index in [1.807, 2.05) is 0 Å². The summed E-state index contributed by atoms with van der Waals surface area (Å²) < 4.78 is 13.4. The summed E-state index contributed by atoms with van der Waals surface area (Å²) in [6.07, 6.45) is 0.955. The number of benzene rings is 1. The van der Waals surface area contributed by atoms with Gasteiger partial charge in [0.05, 0.1) is 0 Å². The zero-order valence-electron chi connectivity index (χ0n) is 10.2. The van der Waals surface area contributed by atoms with Crippen LogP contribution in [0.25, 0.3) is 0 Å². The Morgan fingerprint density at radius 3 is 2.88 bits per heavy atom. The van der Waals surface area contributed by atoms with Gasteiger partial charge in [0.2, 0.25) is 0 Å². The second-order valence-electron chi connectivity index (χ2n) is 4.53. The molecule has 0 spiro atoms. The van der Waals surface area contributed by atoms with Crippen LogP contribution in [0.3, 0.4) is 0 Å². The average molecular weight is 236 g/mol. The molecule has 1 fully saturated rings. The number of likely N-dealkylation sites (N-methyl/N-ethyl adjacent to an activating group) is 1. The maximum absolute atomic E-state index is 13.4. The van der Waals surface area contributed by atoms with Gasteiger partial charge in [-0.1, -0.05) is 6.07 Å². The molecule has 1 atom stereocenters. The van der Waals surface area contributed by atoms with Crippen LogP contribution in [0.1, 0.15) is 22.3 Å². The number of nitrogens with one attached hydrogen (secondary N) is 1. The van der Waals surface area contributed by atoms with Crippen molar-refractivity contribution in [1.82, 2.24) is 10.2 Å². The number of carbonyl (C=O) groups is 1. The third-order valence-electron chi connectivity index (χ3n) is 3.32. The van der Waals surface area contributed by atoms with E-state index in [4.69, 9.17) is 0 Å². The van der Waals surface area contributed by atoms with E-state index in [0.29, 0.717) is 11.1 Å². The monoisotopic (exact) mass is 236 g/mol. The molecule has 1 aliphatic heterocycles. The van der Waals surface area contributed by atoms with Crippen molar-refractivity contribution < 1.29 is 9.18 Å². The maximum atomic E-state index is 13.4. The van der Waals surface area contributed by atoms with Crippen LogP contribution in [0.2, 0.25) is 0 Å². The molecule has 0 aromatic heterocycles. The summed E-state index contributed by atoms with van der Waals surface area (Å²) in [6.45, 7) is 3.44. The summed E-state index contributed by atoms with van der Waals surface area (Å²) in [5.74, 6) is -0.439. The summed E-state index contributed by atoms with van der Waals surface area (Å²) in [7, 11) is 1.78. The molecule has 3 nitrogen and oxygen atoms in total. The smallest absolute Gasteiger partial charge is 0.253 e. The lowest BCUT2D eigenvalue weighted by Gasteiger charge is -2.23. The molecule has 0 saturated carbocycles. The quantitative estimate of drug-likeness (QED) is 0.845. The molecule has 1 amide bonds. The fourth-order valence-corrected chi connectivity index (χ4v) is 2.07. The number of carbonyl (C=O) groups excluding carboxylic acids is 1. The van der Waals surface area contributed by atoms with Gasteiger partial charge in [0.25, 0.3) is 5.91 Å². The molecule has 0 bridgehead atoms. The van der Waals surface area contributed by atoms with Crippen molar-refractivity contribution in [2.45, 2.75) is 19.4 Å². The zero-order chi connectivity index (χ0) is 12.4. The molecule has 1 aromatic rings. The minimum absolute atomic E-state index is 0.113. The lowest BCUT2D eigenvalue weighted by atomic mass is 10.1. The molecule has 4 heteroatoms. The van der Waals surface area contributed by atoms with E-state index in [-0.39, 0.29) is 17.8 Å². The molecule has 0 aliphatic carbocycles. The second-order valence-corrected chi connectivity index (χ2v) is 4.53. The van der Waals surface area contributed by atoms with Crippen LogP contribution >= 0.6 is 0 Å². The van der Waals surface area contributed by atoms with Crippen molar-refractivity contribution >= 4 is 5.91 Å². The first kappa shape index (κ1) is 12.0. The Morgan fingerprint density at radius 1 is 1.53 bits per heavy atom. The van der Waals surface area contributed by atoms with Crippen molar-refractivity contribution in [3.63, 3.8) is 0 Å². The first-order valence-corrected chi connectivity index (χ1v) is 5.83. The van der Waals surface area contributed by atoms with Crippen molar-refractivity contribution in [2.24, 2.45) is 0 Å². The van der Waals surface area contributed by atoms with Crippen LogP contribution in [-0.2, 0) is 0 Å². The number of amides is 1. The Labute approximate surface area is 101 Å². The van der Waals surface area contributed by atoms with Gasteiger partial charge in [0.1, 0.15) is 5.82 Å². The molecular weight excluding hydrogens is 219 g/mol. The van der Waals surface area contributed by atoms with Gasteiger partial charge in [0.15, 0.2) is 0 Å². The molecule has 1 unspecified atom stereocenters. The number of halogens is 1. The van der Waals surface area contributed by atoms with Crippen molar-refractivity contribution in [3.8, 4) is 0 Å². The molecule has 92 valence electrons. The summed E-state index contributed by atoms with van der Waals surface area (Å²) in [5, 5.41) is 3.21. The van der Waals surface area contributed by atoms with Gasteiger partial charge >= 0.3 is 0 Å². The number of nitrogens with zero attached hydrogens (tertiary/aromatic N) is 1. The van der Waals surface area contributed by atoms with Crippen molar-refractivity contribution in [2.75, 3.05) is 20.1 Å². The van der Waals surface area contributed by atoms with Gasteiger partial charge in [-0.15, -0.1) is 0 Å². The highest BCUT2D eigenvalue weighted by atomic mass is 19.1. The van der Waals surface area contributed by atoms with Gasteiger partial charge in [0, 0.05) is 25.2 Å². The molecule has 17 heavy (non-hydrogen) atoms. The number of hydrogen-bond acceptors (Lipinski definition) is 2. The van der Waals surface area contributed by atoms with Crippen LogP contribution in [0.4, 0.5) is 4.39 Å². The van der Waals surface area contributed by atoms with Crippen LogP contribution in [0.15, 0.2) is 18.2 Å². The number of hydrogen-bond donors (Lipinski definition) is 1. The number of rotatable bonds is 2. The van der Waals surface area contributed by atoms with Crippen LogP contribution < -0.4 is 5.32 Å². The van der Waals surface area contributed by atoms with E-state index in [1.54, 1.807) is 31.0 Å². The largest absolute Gasteiger partial charge is 0.337 e. The molecule has 1 N–H and O–H groups in total. The third-order valence-corrected chi connectivity index (χ3v) is 3.32. The minimum atomic E-state index is -0.325. The summed E-state index contributed by atoms with van der Waals surface area (Å²) in [4.78, 5) is 13.8. The van der Waals surface area contributed by atoms with Crippen molar-refractivity contribution in [3.05, 3.63) is 35.1 Å². The summed E-state index contributed by atoms with van der Waals surface area (Å²) >= 11 is 0. The van der Waals surface area contributed by atoms with E-state index in [9.17, 15) is 9.18 Å². The fraction of sp³-hybridized carbons (Fsp3) is 0.462. The Balaban J connectivity index is 2.15. The minimum Gasteiger partial charge on any atom is -0.337 e. The normalized spacial score (nSPS) is 19.4. The highest BCUT2D eigenvalue weighted by molar-refractivity contribution is 5.94. The molecule has 1 heterocycles. The molecule has 1 aromatic carbocycles. The van der Waals surface area contributed by atoms with Gasteiger partial charge < -0.3 is 10.2 Å². The van der Waals surface area contributed by atoms with E-state index in [2.05, 4.69) is 5.32 Å². The zero-order valence-corrected chi connectivity index (χ0v) is 10.2. The van der Waals surface area contributed by atoms with E-state index in [0.717, 1.165) is 19.5 Å². The topological polar surface area (TPSA) is 32.3 Å². The van der Waals surface area contributed by atoms with Gasteiger partial charge in [-0.25, -0.2) is 4.39 Å². The Hall–Kier alpha value is -1.42. The lowest BCUT2D eigenvalue weighted by Crippen LogP contribution is -2.38. The van der Waals surface area contributed by atoms with E-state index < -0.39 is 0 Å². The van der Waals surface area contributed by atoms with Crippen LogP contribution in [-0.4, -0.2) is 37.0 Å². The second kappa shape index (κ2) is 4.84. The summed E-state index contributed by atoms with van der Waals surface area (Å²) in [5.41, 5.74) is 0.981. The van der Waals surface area contributed by atoms with Gasteiger partial charge in [-0.05, 0) is 37.6 Å². The standard InChI is InChI=1S/C13H17FN2O/c1-9-3-4-10(7-12(9)14)13(17)16(2)11-5-6-15-8-11/h3-4,7,11,15H,5-6,8H2,1-2H3. The summed E-state index contributed by atoms with van der Waals surface area (Å²) in [6, 6.07) is 4.85. The van der Waals surface area contributed by atoms with Crippen LogP contribution in [0, 0.1) is 12.7 Å². The van der Waals surface area contributed by atoms with Crippen molar-refractivity contribution in [1.29, 1.82) is 0 Å². The SMILES string of the molecule is Cc1ccc(C(=O)N(C)C2CCNC2)cc1F. The molecule has 1 aliphatic rings. The average Bonchev–Trinajstić information content (AvgIpc) is 2.84. The first-order valence-electron chi connectivity index (χ1n) is 5.83. The van der Waals surface area contributed by atoms with Gasteiger partial charge in [-0.2, -0.15) is 0 Å². The Kier molecular flexibility index (Phi) is 3.43. The fourth-order valence-electron chi connectivity index (χ4n) is 2.07. The predicted octanol–water partition coefficient (Wildman–Crippen LogP) is 1.57. The molecule has 2 rings (SSSR count). The Bertz CT molecular complexity index is 427. The lowest BCUT2D eigenvalue weighted by molar-refractivity contribution is 0.0743. The predicted molar refractivity (Wildman–Crippen MR) is 64.5 cm³/mol. The molecule has 1 saturated heterocycles. The van der Waals surface area contributed by atoms with Gasteiger partial charge in [-0.3, -0.25) is 4.79 Å². The number of aryl methyl sites for hydroxylation is 1. The Morgan fingerprint density at radius 2 is 2.29 bits per heavy atom. The highest BCUT2D eigenvalue weighted by Crippen LogP contribution is 2.14. The maximum Gasteiger partial charge on any atom is 0.253 e. The van der Waals surface area contributed by atoms with E-state index in [1.165, 1.54) is 6.07 Å². The molecule has 0 radical (unpaired) electrons.